The predicted octanol–water partition coefficient (Wildman–Crippen LogP) is 1.84. The van der Waals surface area contributed by atoms with Crippen molar-refractivity contribution in [3.05, 3.63) is 29.2 Å². The number of hydrogen-bond donors (Lipinski definition) is 1. The molecule has 0 radical (unpaired) electrons. The average molecular weight is 315 g/mol. The van der Waals surface area contributed by atoms with E-state index in [1.54, 1.807) is 0 Å². The zero-order chi connectivity index (χ0) is 16.6. The number of hydrogen-bond acceptors (Lipinski definition) is 4. The van der Waals surface area contributed by atoms with Crippen molar-refractivity contribution in [1.82, 2.24) is 24.8 Å². The van der Waals surface area contributed by atoms with Crippen molar-refractivity contribution in [2.75, 3.05) is 6.54 Å². The molecular weight excluding hydrogens is 290 g/mol. The minimum absolute atomic E-state index is 0.169. The van der Waals surface area contributed by atoms with Gasteiger partial charge < -0.3 is 5.32 Å². The summed E-state index contributed by atoms with van der Waals surface area (Å²) in [5, 5.41) is 7.53. The van der Waals surface area contributed by atoms with Crippen molar-refractivity contribution in [3.8, 4) is 0 Å². The second kappa shape index (κ2) is 6.28. The molecule has 23 heavy (non-hydrogen) atoms. The van der Waals surface area contributed by atoms with E-state index in [2.05, 4.69) is 34.1 Å². The minimum atomic E-state index is 0.169. The molecule has 3 rings (SSSR count). The third-order valence-corrected chi connectivity index (χ3v) is 4.49. The maximum absolute atomic E-state index is 11.4. The van der Waals surface area contributed by atoms with Crippen LogP contribution in [0.1, 0.15) is 43.6 Å². The van der Waals surface area contributed by atoms with Crippen LogP contribution in [0, 0.1) is 13.8 Å². The average Bonchev–Trinajstić information content (AvgIpc) is 3.05. The highest BCUT2D eigenvalue weighted by Crippen LogP contribution is 2.17. The summed E-state index contributed by atoms with van der Waals surface area (Å²) in [5.41, 5.74) is 4.17. The van der Waals surface area contributed by atoms with Crippen LogP contribution < -0.4 is 5.32 Å². The Kier molecular flexibility index (Phi) is 4.35. The molecule has 0 aliphatic carbocycles. The van der Waals surface area contributed by atoms with Gasteiger partial charge in [-0.3, -0.25) is 9.69 Å². The first-order valence-electron chi connectivity index (χ1n) is 8.28. The van der Waals surface area contributed by atoms with Crippen LogP contribution in [0.3, 0.4) is 0 Å². The normalized spacial score (nSPS) is 18.3. The van der Waals surface area contributed by atoms with Crippen molar-refractivity contribution in [2.45, 2.75) is 59.2 Å². The van der Waals surface area contributed by atoms with Crippen molar-refractivity contribution >= 4 is 11.6 Å². The molecule has 1 N–H and O–H groups in total. The Hall–Kier alpha value is -1.95. The van der Waals surface area contributed by atoms with Gasteiger partial charge in [-0.25, -0.2) is 9.50 Å². The summed E-state index contributed by atoms with van der Waals surface area (Å²) in [6.45, 7) is 10.1. The van der Waals surface area contributed by atoms with Gasteiger partial charge >= 0.3 is 0 Å². The number of nitrogens with one attached hydrogen (secondary N) is 1. The van der Waals surface area contributed by atoms with Gasteiger partial charge in [0.15, 0.2) is 5.65 Å². The third-order valence-electron chi connectivity index (χ3n) is 4.49. The first kappa shape index (κ1) is 15.9. The molecule has 0 saturated carbocycles. The highest BCUT2D eigenvalue weighted by molar-refractivity contribution is 5.78. The Labute approximate surface area is 136 Å². The number of nitrogens with zero attached hydrogens (tertiary/aromatic N) is 4. The molecule has 3 heterocycles. The van der Waals surface area contributed by atoms with Gasteiger partial charge in [0.2, 0.25) is 5.91 Å². The van der Waals surface area contributed by atoms with E-state index in [0.29, 0.717) is 12.5 Å². The molecule has 1 unspecified atom stereocenters. The van der Waals surface area contributed by atoms with Crippen LogP contribution in [-0.4, -0.2) is 44.0 Å². The van der Waals surface area contributed by atoms with E-state index in [-0.39, 0.29) is 11.9 Å². The van der Waals surface area contributed by atoms with Gasteiger partial charge in [0, 0.05) is 48.5 Å². The molecule has 0 spiro atoms. The lowest BCUT2D eigenvalue weighted by Crippen LogP contribution is -2.41. The number of amides is 1. The van der Waals surface area contributed by atoms with Crippen molar-refractivity contribution in [3.63, 3.8) is 0 Å². The van der Waals surface area contributed by atoms with E-state index < -0.39 is 0 Å². The van der Waals surface area contributed by atoms with E-state index in [1.165, 1.54) is 0 Å². The first-order chi connectivity index (χ1) is 10.9. The van der Waals surface area contributed by atoms with E-state index in [4.69, 9.17) is 0 Å². The van der Waals surface area contributed by atoms with Crippen molar-refractivity contribution in [1.29, 1.82) is 0 Å². The largest absolute Gasteiger partial charge is 0.352 e. The summed E-state index contributed by atoms with van der Waals surface area (Å²) < 4.78 is 1.90. The van der Waals surface area contributed by atoms with Crippen LogP contribution in [0.15, 0.2) is 12.3 Å². The molecule has 0 aromatic carbocycles. The zero-order valence-electron chi connectivity index (χ0n) is 14.3. The van der Waals surface area contributed by atoms with Crippen LogP contribution in [-0.2, 0) is 11.3 Å². The lowest BCUT2D eigenvalue weighted by Gasteiger charge is -2.28. The molecule has 6 heteroatoms. The summed E-state index contributed by atoms with van der Waals surface area (Å²) >= 11 is 0. The monoisotopic (exact) mass is 315 g/mol. The molecule has 2 aromatic heterocycles. The summed E-state index contributed by atoms with van der Waals surface area (Å²) in [6.07, 6.45) is 3.48. The standard InChI is InChI=1S/C17H25N5O/c1-11(2)21(10-15-5-6-16(23)20-15)9-14-8-18-22-13(4)7-12(3)19-17(14)22/h7-8,11,15H,5-6,9-10H2,1-4H3,(H,20,23). The number of carbonyl (C=O) groups excluding carboxylic acids is 1. The molecule has 0 bridgehead atoms. The van der Waals surface area contributed by atoms with Gasteiger partial charge in [0.25, 0.3) is 0 Å². The molecule has 1 aliphatic heterocycles. The molecule has 1 fully saturated rings. The fraction of sp³-hybridized carbons (Fsp3) is 0.588. The number of carbonyl (C=O) groups is 1. The lowest BCUT2D eigenvalue weighted by molar-refractivity contribution is -0.119. The van der Waals surface area contributed by atoms with Gasteiger partial charge in [-0.05, 0) is 40.2 Å². The molecule has 1 aliphatic rings. The zero-order valence-corrected chi connectivity index (χ0v) is 14.3. The molecule has 2 aromatic rings. The van der Waals surface area contributed by atoms with Gasteiger partial charge in [0.1, 0.15) is 0 Å². The molecule has 1 atom stereocenters. The molecule has 1 saturated heterocycles. The third kappa shape index (κ3) is 3.37. The van der Waals surface area contributed by atoms with Crippen LogP contribution in [0.2, 0.25) is 0 Å². The maximum atomic E-state index is 11.4. The number of aromatic nitrogens is 3. The summed E-state index contributed by atoms with van der Waals surface area (Å²) in [5.74, 6) is 0.169. The Morgan fingerprint density at radius 3 is 2.87 bits per heavy atom. The van der Waals surface area contributed by atoms with Crippen molar-refractivity contribution in [2.24, 2.45) is 0 Å². The Morgan fingerprint density at radius 1 is 1.43 bits per heavy atom. The van der Waals surface area contributed by atoms with Crippen LogP contribution in [0.25, 0.3) is 5.65 Å². The summed E-state index contributed by atoms with van der Waals surface area (Å²) in [4.78, 5) is 18.5. The van der Waals surface area contributed by atoms with Crippen molar-refractivity contribution < 1.29 is 4.79 Å². The summed E-state index contributed by atoms with van der Waals surface area (Å²) in [7, 11) is 0. The Balaban J connectivity index is 1.81. The van der Waals surface area contributed by atoms with E-state index >= 15 is 0 Å². The second-order valence-corrected chi connectivity index (χ2v) is 6.77. The molecule has 6 nitrogen and oxygen atoms in total. The molecule has 1 amide bonds. The number of fused-ring (bicyclic) bond motifs is 1. The Morgan fingerprint density at radius 2 is 2.22 bits per heavy atom. The minimum Gasteiger partial charge on any atom is -0.352 e. The van der Waals surface area contributed by atoms with Gasteiger partial charge in [-0.15, -0.1) is 0 Å². The topological polar surface area (TPSA) is 62.5 Å². The van der Waals surface area contributed by atoms with Crippen LogP contribution >= 0.6 is 0 Å². The number of aryl methyl sites for hydroxylation is 2. The van der Waals surface area contributed by atoms with Gasteiger partial charge in [-0.1, -0.05) is 0 Å². The fourth-order valence-corrected chi connectivity index (χ4v) is 3.20. The van der Waals surface area contributed by atoms with Gasteiger partial charge in [0.05, 0.1) is 6.20 Å². The Bertz CT molecular complexity index is 721. The van der Waals surface area contributed by atoms with Crippen LogP contribution in [0.4, 0.5) is 0 Å². The first-order valence-corrected chi connectivity index (χ1v) is 8.28. The molecular formula is C17H25N5O. The maximum Gasteiger partial charge on any atom is 0.220 e. The lowest BCUT2D eigenvalue weighted by atomic mass is 10.1. The van der Waals surface area contributed by atoms with Crippen LogP contribution in [0.5, 0.6) is 0 Å². The van der Waals surface area contributed by atoms with E-state index in [1.807, 2.05) is 30.6 Å². The predicted molar refractivity (Wildman–Crippen MR) is 89.2 cm³/mol. The number of rotatable bonds is 5. The van der Waals surface area contributed by atoms with E-state index in [9.17, 15) is 4.79 Å². The van der Waals surface area contributed by atoms with E-state index in [0.717, 1.165) is 42.1 Å². The van der Waals surface area contributed by atoms with Gasteiger partial charge in [-0.2, -0.15) is 5.10 Å². The highest BCUT2D eigenvalue weighted by Gasteiger charge is 2.25. The smallest absolute Gasteiger partial charge is 0.220 e. The fourth-order valence-electron chi connectivity index (χ4n) is 3.20. The SMILES string of the molecule is Cc1cc(C)n2ncc(CN(CC3CCC(=O)N3)C(C)C)c2n1. The summed E-state index contributed by atoms with van der Waals surface area (Å²) in [6, 6.07) is 2.69. The second-order valence-electron chi connectivity index (χ2n) is 6.77. The highest BCUT2D eigenvalue weighted by atomic mass is 16.1. The molecule has 124 valence electrons. The quantitative estimate of drug-likeness (QED) is 0.914.